The summed E-state index contributed by atoms with van der Waals surface area (Å²) < 4.78 is 5.92. The molecule has 3 rings (SSSR count). The zero-order chi connectivity index (χ0) is 15.7. The molecule has 0 spiro atoms. The lowest BCUT2D eigenvalue weighted by atomic mass is 10.1. The number of aromatic nitrogens is 1. The predicted molar refractivity (Wildman–Crippen MR) is 93.1 cm³/mol. The molecule has 1 atom stereocenters. The van der Waals surface area contributed by atoms with Crippen molar-refractivity contribution in [3.63, 3.8) is 0 Å². The summed E-state index contributed by atoms with van der Waals surface area (Å²) in [5.74, 6) is 0.852. The van der Waals surface area contributed by atoms with Crippen LogP contribution >= 0.6 is 0 Å². The Labute approximate surface area is 137 Å². The molecule has 1 unspecified atom stereocenters. The van der Waals surface area contributed by atoms with Gasteiger partial charge in [0, 0.05) is 6.20 Å². The van der Waals surface area contributed by atoms with Crippen LogP contribution in [0, 0.1) is 0 Å². The van der Waals surface area contributed by atoms with Gasteiger partial charge in [-0.2, -0.15) is 0 Å². The molecule has 116 valence electrons. The zero-order valence-corrected chi connectivity index (χ0v) is 12.9. The lowest BCUT2D eigenvalue weighted by molar-refractivity contribution is 0.112. The van der Waals surface area contributed by atoms with Crippen molar-refractivity contribution in [2.75, 3.05) is 11.9 Å². The minimum Gasteiger partial charge on any atom is -0.374 e. The minimum absolute atomic E-state index is 0.0646. The molecule has 0 saturated heterocycles. The van der Waals surface area contributed by atoms with Gasteiger partial charge in [-0.25, -0.2) is 4.98 Å². The van der Waals surface area contributed by atoms with E-state index in [9.17, 15) is 0 Å². The molecule has 0 aliphatic rings. The fraction of sp³-hybridized carbons (Fsp3) is 0.150. The average molecular weight is 304 g/mol. The van der Waals surface area contributed by atoms with Crippen molar-refractivity contribution in [3.05, 3.63) is 96.2 Å². The molecular weight excluding hydrogens is 284 g/mol. The van der Waals surface area contributed by atoms with Crippen LogP contribution < -0.4 is 5.32 Å². The van der Waals surface area contributed by atoms with Crippen molar-refractivity contribution in [3.8, 4) is 0 Å². The molecule has 3 aromatic rings. The second-order valence-corrected chi connectivity index (χ2v) is 5.32. The fourth-order valence-electron chi connectivity index (χ4n) is 2.40. The van der Waals surface area contributed by atoms with Crippen molar-refractivity contribution in [1.82, 2.24) is 4.98 Å². The van der Waals surface area contributed by atoms with Gasteiger partial charge >= 0.3 is 0 Å². The topological polar surface area (TPSA) is 34.1 Å². The van der Waals surface area contributed by atoms with Crippen LogP contribution in [0.25, 0.3) is 0 Å². The Hall–Kier alpha value is -2.65. The maximum absolute atomic E-state index is 5.92. The van der Waals surface area contributed by atoms with Gasteiger partial charge in [0.15, 0.2) is 0 Å². The average Bonchev–Trinajstić information content (AvgIpc) is 2.63. The molecule has 0 bridgehead atoms. The van der Waals surface area contributed by atoms with Crippen LogP contribution in [0.4, 0.5) is 5.82 Å². The molecule has 0 aliphatic carbocycles. The molecule has 0 fully saturated rings. The van der Waals surface area contributed by atoms with Crippen LogP contribution in [0.1, 0.15) is 17.2 Å². The summed E-state index contributed by atoms with van der Waals surface area (Å²) in [6, 6.07) is 26.4. The Morgan fingerprint density at radius 1 is 0.826 bits per heavy atom. The number of ether oxygens (including phenoxy) is 1. The highest BCUT2D eigenvalue weighted by atomic mass is 16.5. The van der Waals surface area contributed by atoms with E-state index in [2.05, 4.69) is 34.6 Å². The number of pyridine rings is 1. The molecule has 3 heteroatoms. The number of rotatable bonds is 7. The molecule has 0 radical (unpaired) electrons. The van der Waals surface area contributed by atoms with Crippen LogP contribution in [0.5, 0.6) is 0 Å². The van der Waals surface area contributed by atoms with Gasteiger partial charge in [0.05, 0.1) is 19.3 Å². The minimum atomic E-state index is 0.0646. The number of anilines is 1. The largest absolute Gasteiger partial charge is 0.374 e. The smallest absolute Gasteiger partial charge is 0.126 e. The fourth-order valence-corrected chi connectivity index (χ4v) is 2.40. The summed E-state index contributed by atoms with van der Waals surface area (Å²) in [6.07, 6.45) is 1.79. The molecule has 2 aromatic carbocycles. The van der Waals surface area contributed by atoms with E-state index >= 15 is 0 Å². The molecule has 23 heavy (non-hydrogen) atoms. The van der Waals surface area contributed by atoms with Gasteiger partial charge in [-0.1, -0.05) is 66.7 Å². The summed E-state index contributed by atoms with van der Waals surface area (Å²) in [4.78, 5) is 4.34. The van der Waals surface area contributed by atoms with Crippen molar-refractivity contribution in [1.29, 1.82) is 0 Å². The lowest BCUT2D eigenvalue weighted by Crippen LogP contribution is -2.17. The molecule has 3 nitrogen and oxygen atoms in total. The molecule has 0 saturated carbocycles. The Kier molecular flexibility index (Phi) is 5.38. The zero-order valence-electron chi connectivity index (χ0n) is 12.9. The molecule has 0 amide bonds. The highest BCUT2D eigenvalue weighted by Crippen LogP contribution is 2.19. The lowest BCUT2D eigenvalue weighted by Gasteiger charge is -2.20. The molecule has 1 aromatic heterocycles. The van der Waals surface area contributed by atoms with Gasteiger partial charge in [-0.05, 0) is 23.3 Å². The predicted octanol–water partition coefficient (Wildman–Crippen LogP) is 4.45. The van der Waals surface area contributed by atoms with E-state index in [1.807, 2.05) is 54.6 Å². The standard InChI is InChI=1S/C20H20N2O/c1-3-9-17(10-4-1)15-23-16-19(18-11-5-2-6-12-18)22-20-13-7-8-14-21-20/h1-14,19H,15-16H2,(H,21,22). The molecular formula is C20H20N2O. The maximum Gasteiger partial charge on any atom is 0.126 e. The quantitative estimate of drug-likeness (QED) is 0.700. The van der Waals surface area contributed by atoms with Crippen molar-refractivity contribution in [2.24, 2.45) is 0 Å². The number of nitrogens with one attached hydrogen (secondary N) is 1. The summed E-state index contributed by atoms with van der Waals surface area (Å²) in [6.45, 7) is 1.18. The van der Waals surface area contributed by atoms with E-state index in [1.54, 1.807) is 6.20 Å². The van der Waals surface area contributed by atoms with E-state index < -0.39 is 0 Å². The third kappa shape index (κ3) is 4.66. The first-order valence-electron chi connectivity index (χ1n) is 7.76. The first-order chi connectivity index (χ1) is 11.4. The van der Waals surface area contributed by atoms with Gasteiger partial charge in [0.2, 0.25) is 0 Å². The van der Waals surface area contributed by atoms with E-state index in [-0.39, 0.29) is 6.04 Å². The number of hydrogen-bond acceptors (Lipinski definition) is 3. The third-order valence-corrected chi connectivity index (χ3v) is 3.59. The van der Waals surface area contributed by atoms with Crippen molar-refractivity contribution < 1.29 is 4.74 Å². The van der Waals surface area contributed by atoms with E-state index in [0.717, 1.165) is 5.82 Å². The SMILES string of the molecule is c1ccc(COCC(Nc2ccccn2)c2ccccc2)cc1. The van der Waals surface area contributed by atoms with Crippen molar-refractivity contribution in [2.45, 2.75) is 12.6 Å². The van der Waals surface area contributed by atoms with Crippen LogP contribution in [-0.2, 0) is 11.3 Å². The van der Waals surface area contributed by atoms with Crippen LogP contribution in [0.3, 0.4) is 0 Å². The first kappa shape index (κ1) is 15.3. The second-order valence-electron chi connectivity index (χ2n) is 5.32. The first-order valence-corrected chi connectivity index (χ1v) is 7.76. The van der Waals surface area contributed by atoms with Gasteiger partial charge in [0.25, 0.3) is 0 Å². The Balaban J connectivity index is 1.65. The molecule has 1 N–H and O–H groups in total. The van der Waals surface area contributed by atoms with Crippen molar-refractivity contribution >= 4 is 5.82 Å². The molecule has 0 aliphatic heterocycles. The summed E-state index contributed by atoms with van der Waals surface area (Å²) in [7, 11) is 0. The molecule has 1 heterocycles. The monoisotopic (exact) mass is 304 g/mol. The number of hydrogen-bond donors (Lipinski definition) is 1. The Morgan fingerprint density at radius 2 is 1.52 bits per heavy atom. The maximum atomic E-state index is 5.92. The highest BCUT2D eigenvalue weighted by molar-refractivity contribution is 5.38. The van der Waals surface area contributed by atoms with Gasteiger partial charge in [0.1, 0.15) is 5.82 Å². The summed E-state index contributed by atoms with van der Waals surface area (Å²) in [5, 5.41) is 3.45. The van der Waals surface area contributed by atoms with Gasteiger partial charge < -0.3 is 10.1 Å². The van der Waals surface area contributed by atoms with Gasteiger partial charge in [-0.3, -0.25) is 0 Å². The second kappa shape index (κ2) is 8.11. The number of nitrogens with zero attached hydrogens (tertiary/aromatic N) is 1. The number of benzene rings is 2. The van der Waals surface area contributed by atoms with Crippen LogP contribution in [-0.4, -0.2) is 11.6 Å². The normalized spacial score (nSPS) is 11.8. The Bertz CT molecular complexity index is 687. The Morgan fingerprint density at radius 3 is 2.22 bits per heavy atom. The third-order valence-electron chi connectivity index (χ3n) is 3.59. The van der Waals surface area contributed by atoms with E-state index in [4.69, 9.17) is 4.74 Å². The van der Waals surface area contributed by atoms with Gasteiger partial charge in [-0.15, -0.1) is 0 Å². The highest BCUT2D eigenvalue weighted by Gasteiger charge is 2.12. The summed E-state index contributed by atoms with van der Waals surface area (Å²) in [5.41, 5.74) is 2.36. The summed E-state index contributed by atoms with van der Waals surface area (Å²) >= 11 is 0. The van der Waals surface area contributed by atoms with E-state index in [1.165, 1.54) is 11.1 Å². The van der Waals surface area contributed by atoms with Crippen LogP contribution in [0.2, 0.25) is 0 Å². The van der Waals surface area contributed by atoms with Crippen LogP contribution in [0.15, 0.2) is 85.1 Å². The van der Waals surface area contributed by atoms with E-state index in [0.29, 0.717) is 13.2 Å².